The first-order chi connectivity index (χ1) is 12.8. The van der Waals surface area contributed by atoms with Gasteiger partial charge in [0.25, 0.3) is 0 Å². The number of hydrogen-bond acceptors (Lipinski definition) is 3. The monoisotopic (exact) mass is 338 g/mol. The Labute approximate surface area is 152 Å². The van der Waals surface area contributed by atoms with Gasteiger partial charge in [-0.05, 0) is 29.8 Å². The fraction of sp³-hybridized carbons (Fsp3) is 0.0435. The molecule has 0 atom stereocenters. The number of aromatic nitrogens is 1. The Morgan fingerprint density at radius 3 is 2.35 bits per heavy atom. The quantitative estimate of drug-likeness (QED) is 0.495. The highest BCUT2D eigenvalue weighted by molar-refractivity contribution is 5.97. The molecule has 0 spiro atoms. The van der Waals surface area contributed by atoms with Gasteiger partial charge in [0.05, 0.1) is 5.52 Å². The van der Waals surface area contributed by atoms with Crippen molar-refractivity contribution in [3.8, 4) is 0 Å². The van der Waals surface area contributed by atoms with Crippen LogP contribution in [0.2, 0.25) is 0 Å². The van der Waals surface area contributed by atoms with Gasteiger partial charge >= 0.3 is 0 Å². The molecule has 0 fully saturated rings. The van der Waals surface area contributed by atoms with Crippen LogP contribution in [-0.4, -0.2) is 10.8 Å². The van der Waals surface area contributed by atoms with E-state index in [9.17, 15) is 4.79 Å². The van der Waals surface area contributed by atoms with Crippen LogP contribution in [0.4, 0.5) is 11.4 Å². The highest BCUT2D eigenvalue weighted by Gasteiger charge is 2.07. The van der Waals surface area contributed by atoms with Crippen LogP contribution >= 0.6 is 0 Å². The van der Waals surface area contributed by atoms with Gasteiger partial charge in [-0.15, -0.1) is 0 Å². The van der Waals surface area contributed by atoms with Crippen molar-refractivity contribution in [2.75, 3.05) is 5.32 Å². The van der Waals surface area contributed by atoms with E-state index < -0.39 is 0 Å². The molecule has 0 aliphatic carbocycles. The van der Waals surface area contributed by atoms with Crippen LogP contribution in [0.15, 0.2) is 91.1 Å². The van der Waals surface area contributed by atoms with Crippen LogP contribution in [0.25, 0.3) is 10.9 Å². The number of ketones is 1. The minimum Gasteiger partial charge on any atom is -0.355 e. The number of Topliss-reactive ketones (excluding diaryl/α,β-unsaturated/α-hetero) is 1. The molecule has 0 saturated carbocycles. The average molecular weight is 338 g/mol. The summed E-state index contributed by atoms with van der Waals surface area (Å²) in [6.07, 6.45) is 2.21. The first-order valence-electron chi connectivity index (χ1n) is 8.57. The maximum Gasteiger partial charge on any atom is 0.167 e. The first-order valence-corrected chi connectivity index (χ1v) is 8.57. The van der Waals surface area contributed by atoms with Crippen molar-refractivity contribution in [2.45, 2.75) is 6.42 Å². The van der Waals surface area contributed by atoms with Gasteiger partial charge in [-0.1, -0.05) is 60.7 Å². The molecule has 0 saturated heterocycles. The Morgan fingerprint density at radius 1 is 0.808 bits per heavy atom. The van der Waals surface area contributed by atoms with E-state index in [2.05, 4.69) is 16.4 Å². The number of nitrogens with zero attached hydrogens (tertiary/aromatic N) is 1. The molecule has 0 radical (unpaired) electrons. The summed E-state index contributed by atoms with van der Waals surface area (Å²) >= 11 is 0. The Balaban J connectivity index is 1.50. The molecule has 126 valence electrons. The van der Waals surface area contributed by atoms with E-state index in [4.69, 9.17) is 0 Å². The molecule has 1 N–H and O–H groups in total. The lowest BCUT2D eigenvalue weighted by atomic mass is 10.0. The molecule has 3 nitrogen and oxygen atoms in total. The largest absolute Gasteiger partial charge is 0.355 e. The number of carbonyl (C=O) groups excluding carboxylic acids is 1. The van der Waals surface area contributed by atoms with Crippen LogP contribution in [0, 0.1) is 0 Å². The molecule has 4 aromatic rings. The number of nitrogens with one attached hydrogen (secondary N) is 1. The van der Waals surface area contributed by atoms with Gasteiger partial charge in [0.15, 0.2) is 5.78 Å². The molecule has 0 unspecified atom stereocenters. The minimum atomic E-state index is 0.131. The van der Waals surface area contributed by atoms with Crippen molar-refractivity contribution in [3.63, 3.8) is 0 Å². The van der Waals surface area contributed by atoms with Crippen LogP contribution in [0.1, 0.15) is 15.9 Å². The second-order valence-corrected chi connectivity index (χ2v) is 6.16. The number of benzene rings is 3. The third-order valence-electron chi connectivity index (χ3n) is 4.34. The van der Waals surface area contributed by atoms with Crippen molar-refractivity contribution in [3.05, 3.63) is 102 Å². The van der Waals surface area contributed by atoms with E-state index in [1.54, 1.807) is 6.20 Å². The maximum absolute atomic E-state index is 12.3. The topological polar surface area (TPSA) is 42.0 Å². The lowest BCUT2D eigenvalue weighted by Crippen LogP contribution is -2.03. The van der Waals surface area contributed by atoms with Crippen molar-refractivity contribution in [2.24, 2.45) is 0 Å². The Hall–Kier alpha value is -3.46. The van der Waals surface area contributed by atoms with Gasteiger partial charge in [0.2, 0.25) is 0 Å². The third-order valence-corrected chi connectivity index (χ3v) is 4.34. The first kappa shape index (κ1) is 16.0. The highest BCUT2D eigenvalue weighted by Crippen LogP contribution is 2.25. The van der Waals surface area contributed by atoms with E-state index in [0.29, 0.717) is 6.42 Å². The second-order valence-electron chi connectivity index (χ2n) is 6.16. The van der Waals surface area contributed by atoms with Crippen molar-refractivity contribution < 1.29 is 4.79 Å². The number of hydrogen-bond donors (Lipinski definition) is 1. The van der Waals surface area contributed by atoms with Gasteiger partial charge < -0.3 is 5.32 Å². The number of para-hydroxylation sites is 1. The molecule has 26 heavy (non-hydrogen) atoms. The van der Waals surface area contributed by atoms with E-state index in [1.165, 1.54) is 0 Å². The van der Waals surface area contributed by atoms with Crippen molar-refractivity contribution in [1.82, 2.24) is 4.98 Å². The Morgan fingerprint density at radius 2 is 1.54 bits per heavy atom. The molecular formula is C23H18N2O. The Bertz CT molecular complexity index is 1040. The summed E-state index contributed by atoms with van der Waals surface area (Å²) in [5.74, 6) is 0.131. The predicted octanol–water partition coefficient (Wildman–Crippen LogP) is 5.40. The van der Waals surface area contributed by atoms with Crippen molar-refractivity contribution >= 4 is 28.1 Å². The summed E-state index contributed by atoms with van der Waals surface area (Å²) in [5.41, 5.74) is 4.71. The molecule has 0 aliphatic rings. The number of rotatable bonds is 5. The Kier molecular flexibility index (Phi) is 4.44. The van der Waals surface area contributed by atoms with E-state index >= 15 is 0 Å². The fourth-order valence-corrected chi connectivity index (χ4v) is 2.98. The molecule has 0 bridgehead atoms. The van der Waals surface area contributed by atoms with E-state index in [1.807, 2.05) is 78.9 Å². The van der Waals surface area contributed by atoms with Crippen LogP contribution in [0.3, 0.4) is 0 Å². The zero-order valence-electron chi connectivity index (χ0n) is 14.2. The zero-order valence-corrected chi connectivity index (χ0v) is 14.2. The third kappa shape index (κ3) is 3.47. The standard InChI is InChI=1S/C23H18N2O/c26-23(18-6-2-1-3-7-18)16-17-10-12-19(13-11-17)25-22-14-15-24-21-9-5-4-8-20(21)22/h1-15H,16H2,(H,24,25). The number of fused-ring (bicyclic) bond motifs is 1. The molecular weight excluding hydrogens is 320 g/mol. The maximum atomic E-state index is 12.3. The average Bonchev–Trinajstić information content (AvgIpc) is 2.70. The second kappa shape index (κ2) is 7.19. The molecule has 0 aliphatic heterocycles. The van der Waals surface area contributed by atoms with Crippen molar-refractivity contribution in [1.29, 1.82) is 0 Å². The smallest absolute Gasteiger partial charge is 0.167 e. The summed E-state index contributed by atoms with van der Waals surface area (Å²) in [7, 11) is 0. The van der Waals surface area contributed by atoms with Gasteiger partial charge in [-0.25, -0.2) is 0 Å². The molecule has 0 amide bonds. The summed E-state index contributed by atoms with van der Waals surface area (Å²) in [6, 6.07) is 27.4. The van der Waals surface area contributed by atoms with Crippen LogP contribution < -0.4 is 5.32 Å². The SMILES string of the molecule is O=C(Cc1ccc(Nc2ccnc3ccccc23)cc1)c1ccccc1. The van der Waals surface area contributed by atoms with Crippen LogP contribution in [-0.2, 0) is 6.42 Å². The van der Waals surface area contributed by atoms with Crippen LogP contribution in [0.5, 0.6) is 0 Å². The molecule has 3 aromatic carbocycles. The molecule has 1 heterocycles. The fourth-order valence-electron chi connectivity index (χ4n) is 2.98. The predicted molar refractivity (Wildman–Crippen MR) is 106 cm³/mol. The summed E-state index contributed by atoms with van der Waals surface area (Å²) in [5, 5.41) is 4.52. The number of pyridine rings is 1. The molecule has 3 heteroatoms. The molecule has 1 aromatic heterocycles. The van der Waals surface area contributed by atoms with E-state index in [0.717, 1.165) is 33.4 Å². The van der Waals surface area contributed by atoms with Gasteiger partial charge in [-0.3, -0.25) is 9.78 Å². The van der Waals surface area contributed by atoms with Gasteiger partial charge in [0.1, 0.15) is 0 Å². The number of anilines is 2. The van der Waals surface area contributed by atoms with Gasteiger partial charge in [0, 0.05) is 34.9 Å². The zero-order chi connectivity index (χ0) is 17.8. The number of carbonyl (C=O) groups is 1. The molecule has 4 rings (SSSR count). The summed E-state index contributed by atoms with van der Waals surface area (Å²) in [6.45, 7) is 0. The lowest BCUT2D eigenvalue weighted by Gasteiger charge is -2.10. The van der Waals surface area contributed by atoms with Gasteiger partial charge in [-0.2, -0.15) is 0 Å². The highest BCUT2D eigenvalue weighted by atomic mass is 16.1. The lowest BCUT2D eigenvalue weighted by molar-refractivity contribution is 0.0993. The summed E-state index contributed by atoms with van der Waals surface area (Å²) in [4.78, 5) is 16.7. The minimum absolute atomic E-state index is 0.131. The summed E-state index contributed by atoms with van der Waals surface area (Å²) < 4.78 is 0. The normalized spacial score (nSPS) is 10.6. The van der Waals surface area contributed by atoms with E-state index in [-0.39, 0.29) is 5.78 Å².